The number of hydrogen-bond donors (Lipinski definition) is 2. The minimum atomic E-state index is -4.28. The number of aliphatic hydroxyl groups is 1. The Labute approximate surface area is 105 Å². The van der Waals surface area contributed by atoms with E-state index in [0.717, 1.165) is 25.0 Å². The van der Waals surface area contributed by atoms with Crippen LogP contribution in [0.1, 0.15) is 25.3 Å². The molecule has 2 nitrogen and oxygen atoms in total. The highest BCUT2D eigenvalue weighted by molar-refractivity contribution is 5.44. The molecule has 1 rings (SSSR count). The van der Waals surface area contributed by atoms with Crippen LogP contribution in [0.25, 0.3) is 0 Å². The van der Waals surface area contributed by atoms with Crippen LogP contribution in [0, 0.1) is 5.92 Å². The molecule has 1 aromatic carbocycles. The summed E-state index contributed by atoms with van der Waals surface area (Å²) in [5.74, 6) is 0.263. The van der Waals surface area contributed by atoms with Gasteiger partial charge < -0.3 is 10.4 Å². The maximum Gasteiger partial charge on any atom is 0.416 e. The lowest BCUT2D eigenvalue weighted by Gasteiger charge is -2.10. The van der Waals surface area contributed by atoms with Crippen molar-refractivity contribution in [3.8, 4) is 0 Å². The maximum atomic E-state index is 12.3. The van der Waals surface area contributed by atoms with Crippen LogP contribution in [0.3, 0.4) is 0 Å². The zero-order valence-corrected chi connectivity index (χ0v) is 10.3. The zero-order valence-electron chi connectivity index (χ0n) is 10.3. The Kier molecular flexibility index (Phi) is 5.47. The predicted molar refractivity (Wildman–Crippen MR) is 65.4 cm³/mol. The molecule has 1 atom stereocenters. The van der Waals surface area contributed by atoms with Crippen molar-refractivity contribution in [2.24, 2.45) is 5.92 Å². The Hall–Kier alpha value is -1.23. The highest BCUT2D eigenvalue weighted by Gasteiger charge is 2.29. The molecule has 0 aliphatic carbocycles. The van der Waals surface area contributed by atoms with Gasteiger partial charge in [-0.15, -0.1) is 0 Å². The largest absolute Gasteiger partial charge is 0.416 e. The van der Waals surface area contributed by atoms with E-state index in [1.807, 2.05) is 6.92 Å². The standard InChI is InChI=1S/C13H18F3NO/c1-10(9-18)3-2-8-17-12-6-4-11(5-7-12)13(14,15)16/h4-7,10,17-18H,2-3,8-9H2,1H3. The van der Waals surface area contributed by atoms with Gasteiger partial charge in [-0.1, -0.05) is 6.92 Å². The average molecular weight is 261 g/mol. The van der Waals surface area contributed by atoms with E-state index in [1.165, 1.54) is 12.1 Å². The maximum absolute atomic E-state index is 12.3. The fraction of sp³-hybridized carbons (Fsp3) is 0.538. The molecule has 0 heterocycles. The molecule has 102 valence electrons. The monoisotopic (exact) mass is 261 g/mol. The van der Waals surface area contributed by atoms with E-state index in [4.69, 9.17) is 5.11 Å². The summed E-state index contributed by atoms with van der Waals surface area (Å²) < 4.78 is 36.9. The molecule has 0 aromatic heterocycles. The number of rotatable bonds is 6. The minimum Gasteiger partial charge on any atom is -0.396 e. The molecule has 0 aliphatic heterocycles. The predicted octanol–water partition coefficient (Wildman–Crippen LogP) is 3.53. The Morgan fingerprint density at radius 3 is 2.33 bits per heavy atom. The Balaban J connectivity index is 2.36. The number of halogens is 3. The molecular weight excluding hydrogens is 243 g/mol. The molecule has 5 heteroatoms. The summed E-state index contributed by atoms with van der Waals surface area (Å²) in [4.78, 5) is 0. The lowest BCUT2D eigenvalue weighted by molar-refractivity contribution is -0.137. The Morgan fingerprint density at radius 2 is 1.83 bits per heavy atom. The number of nitrogens with one attached hydrogen (secondary N) is 1. The van der Waals surface area contributed by atoms with Crippen LogP contribution in [0.15, 0.2) is 24.3 Å². The van der Waals surface area contributed by atoms with E-state index < -0.39 is 11.7 Å². The van der Waals surface area contributed by atoms with E-state index in [-0.39, 0.29) is 12.5 Å². The molecule has 1 aromatic rings. The van der Waals surface area contributed by atoms with Gasteiger partial charge in [0.25, 0.3) is 0 Å². The summed E-state index contributed by atoms with van der Waals surface area (Å²) in [6.07, 6.45) is -2.51. The second-order valence-corrected chi connectivity index (χ2v) is 4.43. The number of hydrogen-bond acceptors (Lipinski definition) is 2. The molecule has 1 unspecified atom stereocenters. The van der Waals surface area contributed by atoms with Gasteiger partial charge in [0, 0.05) is 18.8 Å². The van der Waals surface area contributed by atoms with E-state index in [0.29, 0.717) is 12.2 Å². The van der Waals surface area contributed by atoms with Gasteiger partial charge >= 0.3 is 6.18 Å². The van der Waals surface area contributed by atoms with Crippen molar-refractivity contribution in [3.63, 3.8) is 0 Å². The van der Waals surface area contributed by atoms with Gasteiger partial charge in [0.05, 0.1) is 5.56 Å². The van der Waals surface area contributed by atoms with Gasteiger partial charge in [0.1, 0.15) is 0 Å². The zero-order chi connectivity index (χ0) is 13.6. The third kappa shape index (κ3) is 4.96. The molecule has 0 amide bonds. The van der Waals surface area contributed by atoms with Crippen molar-refractivity contribution in [3.05, 3.63) is 29.8 Å². The number of aliphatic hydroxyl groups excluding tert-OH is 1. The molecular formula is C13H18F3NO. The first-order valence-electron chi connectivity index (χ1n) is 5.95. The van der Waals surface area contributed by atoms with Crippen molar-refractivity contribution in [2.45, 2.75) is 25.9 Å². The van der Waals surface area contributed by atoms with Crippen LogP contribution < -0.4 is 5.32 Å². The first-order valence-corrected chi connectivity index (χ1v) is 5.95. The van der Waals surface area contributed by atoms with Crippen LogP contribution in [0.4, 0.5) is 18.9 Å². The van der Waals surface area contributed by atoms with Gasteiger partial charge in [0.2, 0.25) is 0 Å². The molecule has 18 heavy (non-hydrogen) atoms. The van der Waals surface area contributed by atoms with Crippen LogP contribution in [-0.2, 0) is 6.18 Å². The summed E-state index contributed by atoms with van der Waals surface area (Å²) in [7, 11) is 0. The van der Waals surface area contributed by atoms with E-state index in [1.54, 1.807) is 0 Å². The lowest BCUT2D eigenvalue weighted by atomic mass is 10.1. The first kappa shape index (κ1) is 14.8. The van der Waals surface area contributed by atoms with Crippen molar-refractivity contribution in [1.82, 2.24) is 0 Å². The highest BCUT2D eigenvalue weighted by Crippen LogP contribution is 2.29. The number of anilines is 1. The van der Waals surface area contributed by atoms with E-state index in [9.17, 15) is 13.2 Å². The Bertz CT molecular complexity index is 348. The fourth-order valence-electron chi connectivity index (χ4n) is 1.55. The SMILES string of the molecule is CC(CO)CCCNc1ccc(C(F)(F)F)cc1. The molecule has 0 saturated heterocycles. The molecule has 2 N–H and O–H groups in total. The fourth-order valence-corrected chi connectivity index (χ4v) is 1.55. The van der Waals surface area contributed by atoms with E-state index >= 15 is 0 Å². The lowest BCUT2D eigenvalue weighted by Crippen LogP contribution is -2.07. The third-order valence-corrected chi connectivity index (χ3v) is 2.73. The van der Waals surface area contributed by atoms with Crippen LogP contribution in [-0.4, -0.2) is 18.3 Å². The van der Waals surface area contributed by atoms with Crippen molar-refractivity contribution >= 4 is 5.69 Å². The number of benzene rings is 1. The van der Waals surface area contributed by atoms with Gasteiger partial charge in [-0.05, 0) is 43.0 Å². The van der Waals surface area contributed by atoms with Crippen molar-refractivity contribution in [1.29, 1.82) is 0 Å². The summed E-state index contributed by atoms with van der Waals surface area (Å²) in [6.45, 7) is 2.81. The van der Waals surface area contributed by atoms with Crippen molar-refractivity contribution < 1.29 is 18.3 Å². The molecule has 0 bridgehead atoms. The quantitative estimate of drug-likeness (QED) is 0.768. The molecule has 0 aliphatic rings. The molecule has 0 radical (unpaired) electrons. The summed E-state index contributed by atoms with van der Waals surface area (Å²) in [5, 5.41) is 11.9. The second-order valence-electron chi connectivity index (χ2n) is 4.43. The normalized spacial score (nSPS) is 13.4. The second kappa shape index (κ2) is 6.64. The first-order chi connectivity index (χ1) is 8.43. The van der Waals surface area contributed by atoms with Gasteiger partial charge in [0.15, 0.2) is 0 Å². The minimum absolute atomic E-state index is 0.167. The molecule has 0 spiro atoms. The average Bonchev–Trinajstić information content (AvgIpc) is 2.33. The van der Waals surface area contributed by atoms with E-state index in [2.05, 4.69) is 5.32 Å². The third-order valence-electron chi connectivity index (χ3n) is 2.73. The summed E-state index contributed by atoms with van der Waals surface area (Å²) >= 11 is 0. The van der Waals surface area contributed by atoms with Crippen LogP contribution in [0.2, 0.25) is 0 Å². The topological polar surface area (TPSA) is 32.3 Å². The van der Waals surface area contributed by atoms with Gasteiger partial charge in [-0.25, -0.2) is 0 Å². The van der Waals surface area contributed by atoms with Crippen molar-refractivity contribution in [2.75, 3.05) is 18.5 Å². The molecule has 0 fully saturated rings. The van der Waals surface area contributed by atoms with Gasteiger partial charge in [-0.3, -0.25) is 0 Å². The molecule has 0 saturated carbocycles. The smallest absolute Gasteiger partial charge is 0.396 e. The highest BCUT2D eigenvalue weighted by atomic mass is 19.4. The Morgan fingerprint density at radius 1 is 1.22 bits per heavy atom. The summed E-state index contributed by atoms with van der Waals surface area (Å²) in [5.41, 5.74) is 0.0432. The van der Waals surface area contributed by atoms with Crippen LogP contribution >= 0.6 is 0 Å². The number of alkyl halides is 3. The van der Waals surface area contributed by atoms with Gasteiger partial charge in [-0.2, -0.15) is 13.2 Å². The summed E-state index contributed by atoms with van der Waals surface area (Å²) in [6, 6.07) is 4.99. The van der Waals surface area contributed by atoms with Crippen LogP contribution in [0.5, 0.6) is 0 Å².